The Bertz CT molecular complexity index is 551. The number of rotatable bonds is 6. The number of hydrogen-bond acceptors (Lipinski definition) is 5. The maximum absolute atomic E-state index is 12.3. The van der Waals surface area contributed by atoms with Crippen LogP contribution in [-0.2, 0) is 0 Å². The van der Waals surface area contributed by atoms with Crippen molar-refractivity contribution >= 4 is 17.3 Å². The number of anilines is 1. The fourth-order valence-electron chi connectivity index (χ4n) is 1.69. The van der Waals surface area contributed by atoms with Crippen LogP contribution in [0.1, 0.15) is 23.7 Å². The molecule has 0 fully saturated rings. The van der Waals surface area contributed by atoms with Crippen LogP contribution in [0.15, 0.2) is 18.2 Å². The second-order valence-electron chi connectivity index (χ2n) is 4.15. The molecule has 0 aliphatic heterocycles. The molecule has 0 bridgehead atoms. The number of nitriles is 1. The van der Waals surface area contributed by atoms with E-state index in [1.807, 2.05) is 13.0 Å². The summed E-state index contributed by atoms with van der Waals surface area (Å²) in [6.07, 6.45) is 0.216. The van der Waals surface area contributed by atoms with E-state index in [9.17, 15) is 14.9 Å². The van der Waals surface area contributed by atoms with E-state index in [1.165, 1.54) is 23.1 Å². The topological polar surface area (TPSA) is 99.3 Å². The number of nitro benzene ring substituents is 1. The first-order chi connectivity index (χ1) is 9.51. The van der Waals surface area contributed by atoms with E-state index in [1.54, 1.807) is 7.05 Å². The van der Waals surface area contributed by atoms with Crippen LogP contribution < -0.4 is 5.32 Å². The van der Waals surface area contributed by atoms with Crippen molar-refractivity contribution < 1.29 is 9.72 Å². The molecule has 0 saturated heterocycles. The SMILES string of the molecule is CCNc1ccc([N+](=O)[O-])cc1C(=O)N(C)CCC#N. The number of nitrogens with zero attached hydrogens (tertiary/aromatic N) is 3. The van der Waals surface area contributed by atoms with E-state index < -0.39 is 4.92 Å². The highest BCUT2D eigenvalue weighted by Gasteiger charge is 2.19. The van der Waals surface area contributed by atoms with E-state index in [4.69, 9.17) is 5.26 Å². The molecule has 0 atom stereocenters. The fourth-order valence-corrected chi connectivity index (χ4v) is 1.69. The van der Waals surface area contributed by atoms with Gasteiger partial charge in [-0.1, -0.05) is 0 Å². The lowest BCUT2D eigenvalue weighted by atomic mass is 10.1. The molecule has 0 unspecified atom stereocenters. The van der Waals surface area contributed by atoms with E-state index in [-0.39, 0.29) is 30.1 Å². The first-order valence-electron chi connectivity index (χ1n) is 6.16. The third-order valence-electron chi connectivity index (χ3n) is 2.72. The zero-order valence-corrected chi connectivity index (χ0v) is 11.4. The summed E-state index contributed by atoms with van der Waals surface area (Å²) in [5, 5.41) is 22.3. The zero-order valence-electron chi connectivity index (χ0n) is 11.4. The van der Waals surface area contributed by atoms with Crippen LogP contribution in [0.2, 0.25) is 0 Å². The molecule has 1 aromatic carbocycles. The van der Waals surface area contributed by atoms with Crippen molar-refractivity contribution in [2.24, 2.45) is 0 Å². The number of carbonyl (C=O) groups excluding carboxylic acids is 1. The Labute approximate surface area is 117 Å². The van der Waals surface area contributed by atoms with Crippen LogP contribution in [0.5, 0.6) is 0 Å². The highest BCUT2D eigenvalue weighted by Crippen LogP contribution is 2.23. The minimum absolute atomic E-state index is 0.135. The molecule has 0 aliphatic rings. The van der Waals surface area contributed by atoms with Gasteiger partial charge in [-0.15, -0.1) is 0 Å². The lowest BCUT2D eigenvalue weighted by molar-refractivity contribution is -0.384. The maximum atomic E-state index is 12.3. The van der Waals surface area contributed by atoms with Crippen molar-refractivity contribution in [3.8, 4) is 6.07 Å². The lowest BCUT2D eigenvalue weighted by Crippen LogP contribution is -2.28. The molecule has 0 radical (unpaired) electrons. The molecule has 0 aliphatic carbocycles. The van der Waals surface area contributed by atoms with Crippen LogP contribution >= 0.6 is 0 Å². The van der Waals surface area contributed by atoms with Crippen LogP contribution in [0.3, 0.4) is 0 Å². The van der Waals surface area contributed by atoms with Gasteiger partial charge >= 0.3 is 0 Å². The first kappa shape index (κ1) is 15.4. The molecule has 0 spiro atoms. The molecule has 0 saturated carbocycles. The van der Waals surface area contributed by atoms with Gasteiger partial charge in [-0.3, -0.25) is 14.9 Å². The van der Waals surface area contributed by atoms with Gasteiger partial charge in [0.2, 0.25) is 0 Å². The minimum atomic E-state index is -0.540. The monoisotopic (exact) mass is 276 g/mol. The highest BCUT2D eigenvalue weighted by molar-refractivity contribution is 6.00. The summed E-state index contributed by atoms with van der Waals surface area (Å²) in [5.74, 6) is -0.347. The third-order valence-corrected chi connectivity index (χ3v) is 2.72. The predicted molar refractivity (Wildman–Crippen MR) is 74.5 cm³/mol. The quantitative estimate of drug-likeness (QED) is 0.633. The van der Waals surface area contributed by atoms with Gasteiger partial charge in [0.1, 0.15) is 0 Å². The molecule has 1 aromatic rings. The predicted octanol–water partition coefficient (Wildman–Crippen LogP) is 2.01. The normalized spacial score (nSPS) is 9.65. The molecule has 1 N–H and O–H groups in total. The van der Waals surface area contributed by atoms with Gasteiger partial charge in [0.05, 0.1) is 23.0 Å². The summed E-state index contributed by atoms with van der Waals surface area (Å²) >= 11 is 0. The highest BCUT2D eigenvalue weighted by atomic mass is 16.6. The zero-order chi connectivity index (χ0) is 15.1. The van der Waals surface area contributed by atoms with Crippen LogP contribution in [0, 0.1) is 21.4 Å². The number of amides is 1. The van der Waals surface area contributed by atoms with Crippen molar-refractivity contribution in [3.63, 3.8) is 0 Å². The molecule has 0 heterocycles. The number of benzene rings is 1. The molecular formula is C13H16N4O3. The number of carbonyl (C=O) groups is 1. The number of non-ortho nitro benzene ring substituents is 1. The summed E-state index contributed by atoms with van der Waals surface area (Å²) in [7, 11) is 1.56. The summed E-state index contributed by atoms with van der Waals surface area (Å²) in [6.45, 7) is 2.75. The second-order valence-corrected chi connectivity index (χ2v) is 4.15. The Hall–Kier alpha value is -2.62. The van der Waals surface area contributed by atoms with Gasteiger partial charge in [-0.25, -0.2) is 0 Å². The van der Waals surface area contributed by atoms with E-state index >= 15 is 0 Å². The Morgan fingerprint density at radius 3 is 2.80 bits per heavy atom. The third kappa shape index (κ3) is 3.68. The number of nitro groups is 1. The van der Waals surface area contributed by atoms with Gasteiger partial charge in [0.25, 0.3) is 11.6 Å². The molecule has 1 rings (SSSR count). The van der Waals surface area contributed by atoms with Crippen molar-refractivity contribution in [2.75, 3.05) is 25.5 Å². The summed E-state index contributed by atoms with van der Waals surface area (Å²) < 4.78 is 0. The van der Waals surface area contributed by atoms with Gasteiger partial charge < -0.3 is 10.2 Å². The Morgan fingerprint density at radius 2 is 2.25 bits per heavy atom. The summed E-state index contributed by atoms with van der Waals surface area (Å²) in [5.41, 5.74) is 0.650. The van der Waals surface area contributed by atoms with Crippen LogP contribution in [0.25, 0.3) is 0 Å². The van der Waals surface area contributed by atoms with Gasteiger partial charge in [0, 0.05) is 38.0 Å². The van der Waals surface area contributed by atoms with Gasteiger partial charge in [0.15, 0.2) is 0 Å². The standard InChI is InChI=1S/C13H16N4O3/c1-3-15-12-6-5-10(17(19)20)9-11(12)13(18)16(2)8-4-7-14/h5-6,9,15H,3-4,8H2,1-2H3. The maximum Gasteiger partial charge on any atom is 0.270 e. The average molecular weight is 276 g/mol. The largest absolute Gasteiger partial charge is 0.385 e. The van der Waals surface area contributed by atoms with Crippen molar-refractivity contribution in [2.45, 2.75) is 13.3 Å². The smallest absolute Gasteiger partial charge is 0.270 e. The minimum Gasteiger partial charge on any atom is -0.385 e. The second kappa shape index (κ2) is 7.09. The van der Waals surface area contributed by atoms with Crippen LogP contribution in [-0.4, -0.2) is 35.9 Å². The Balaban J connectivity index is 3.11. The molecular weight excluding hydrogens is 260 g/mol. The Kier molecular flexibility index (Phi) is 5.47. The summed E-state index contributed by atoms with van der Waals surface area (Å²) in [6, 6.07) is 6.08. The number of hydrogen-bond donors (Lipinski definition) is 1. The first-order valence-corrected chi connectivity index (χ1v) is 6.16. The van der Waals surface area contributed by atoms with E-state index in [0.717, 1.165) is 0 Å². The van der Waals surface area contributed by atoms with Crippen molar-refractivity contribution in [1.82, 2.24) is 4.90 Å². The van der Waals surface area contributed by atoms with Gasteiger partial charge in [-0.05, 0) is 13.0 Å². The summed E-state index contributed by atoms with van der Waals surface area (Å²) in [4.78, 5) is 23.9. The molecule has 7 nitrogen and oxygen atoms in total. The molecule has 20 heavy (non-hydrogen) atoms. The van der Waals surface area contributed by atoms with Crippen molar-refractivity contribution in [3.05, 3.63) is 33.9 Å². The molecule has 1 amide bonds. The lowest BCUT2D eigenvalue weighted by Gasteiger charge is -2.18. The molecule has 106 valence electrons. The number of nitrogens with one attached hydrogen (secondary N) is 1. The Morgan fingerprint density at radius 1 is 1.55 bits per heavy atom. The van der Waals surface area contributed by atoms with Crippen LogP contribution in [0.4, 0.5) is 11.4 Å². The van der Waals surface area contributed by atoms with Gasteiger partial charge in [-0.2, -0.15) is 5.26 Å². The van der Waals surface area contributed by atoms with E-state index in [2.05, 4.69) is 5.32 Å². The van der Waals surface area contributed by atoms with E-state index in [0.29, 0.717) is 12.2 Å². The van der Waals surface area contributed by atoms with Crippen molar-refractivity contribution in [1.29, 1.82) is 5.26 Å². The molecule has 0 aromatic heterocycles. The fraction of sp³-hybridized carbons (Fsp3) is 0.385. The average Bonchev–Trinajstić information content (AvgIpc) is 2.44. The molecule has 7 heteroatoms.